The van der Waals surface area contributed by atoms with Crippen molar-refractivity contribution in [3.8, 4) is 0 Å². The summed E-state index contributed by atoms with van der Waals surface area (Å²) in [5.41, 5.74) is 0.302. The highest BCUT2D eigenvalue weighted by molar-refractivity contribution is 9.10. The number of carbonyl (C=O) groups is 1. The Kier molecular flexibility index (Phi) is 4.60. The SMILES string of the molecule is CCn1ncnc1CSc1cc(Br)ccc1C(=O)O. The quantitative estimate of drug-likeness (QED) is 0.846. The van der Waals surface area contributed by atoms with Crippen LogP contribution in [0, 0.1) is 0 Å². The highest BCUT2D eigenvalue weighted by atomic mass is 79.9. The van der Waals surface area contributed by atoms with Crippen molar-refractivity contribution in [1.82, 2.24) is 14.8 Å². The summed E-state index contributed by atoms with van der Waals surface area (Å²) in [7, 11) is 0. The standard InChI is InChI=1S/C12H12BrN3O2S/c1-2-16-11(14-7-15-16)6-19-10-5-8(13)3-4-9(10)12(17)18/h3-5,7H,2,6H2,1H3,(H,17,18). The lowest BCUT2D eigenvalue weighted by atomic mass is 10.2. The average Bonchev–Trinajstić information content (AvgIpc) is 2.83. The van der Waals surface area contributed by atoms with E-state index in [1.807, 2.05) is 6.92 Å². The van der Waals surface area contributed by atoms with Crippen LogP contribution in [0.1, 0.15) is 23.1 Å². The maximum atomic E-state index is 11.2. The van der Waals surface area contributed by atoms with E-state index in [9.17, 15) is 4.79 Å². The van der Waals surface area contributed by atoms with Crippen LogP contribution in [0.2, 0.25) is 0 Å². The molecule has 7 heteroatoms. The van der Waals surface area contributed by atoms with E-state index in [0.717, 1.165) is 16.8 Å². The monoisotopic (exact) mass is 341 g/mol. The van der Waals surface area contributed by atoms with Gasteiger partial charge in [-0.15, -0.1) is 11.8 Å². The van der Waals surface area contributed by atoms with Gasteiger partial charge in [-0.3, -0.25) is 0 Å². The topological polar surface area (TPSA) is 68.0 Å². The largest absolute Gasteiger partial charge is 0.478 e. The van der Waals surface area contributed by atoms with Crippen molar-refractivity contribution in [3.05, 3.63) is 40.4 Å². The second kappa shape index (κ2) is 6.21. The fourth-order valence-corrected chi connectivity index (χ4v) is 3.14. The van der Waals surface area contributed by atoms with E-state index in [4.69, 9.17) is 5.11 Å². The van der Waals surface area contributed by atoms with Crippen LogP contribution in [0.4, 0.5) is 0 Å². The summed E-state index contributed by atoms with van der Waals surface area (Å²) < 4.78 is 2.66. The van der Waals surface area contributed by atoms with E-state index in [0.29, 0.717) is 16.2 Å². The van der Waals surface area contributed by atoms with Gasteiger partial charge < -0.3 is 5.11 Å². The lowest BCUT2D eigenvalue weighted by Crippen LogP contribution is -2.03. The molecule has 0 unspecified atom stereocenters. The highest BCUT2D eigenvalue weighted by Crippen LogP contribution is 2.28. The molecule has 19 heavy (non-hydrogen) atoms. The van der Waals surface area contributed by atoms with E-state index in [2.05, 4.69) is 26.0 Å². The Labute approximate surface area is 123 Å². The Morgan fingerprint density at radius 2 is 2.32 bits per heavy atom. The first-order valence-electron chi connectivity index (χ1n) is 5.64. The first-order chi connectivity index (χ1) is 9.11. The first-order valence-corrected chi connectivity index (χ1v) is 7.42. The van der Waals surface area contributed by atoms with Crippen molar-refractivity contribution < 1.29 is 9.90 Å². The van der Waals surface area contributed by atoms with Gasteiger partial charge in [0.25, 0.3) is 0 Å². The van der Waals surface area contributed by atoms with Gasteiger partial charge in [-0.05, 0) is 25.1 Å². The van der Waals surface area contributed by atoms with Gasteiger partial charge in [0.05, 0.1) is 11.3 Å². The Hall–Kier alpha value is -1.34. The number of aromatic nitrogens is 3. The minimum atomic E-state index is -0.924. The van der Waals surface area contributed by atoms with E-state index < -0.39 is 5.97 Å². The number of hydrogen-bond donors (Lipinski definition) is 1. The number of carboxylic acid groups (broad SMARTS) is 1. The fraction of sp³-hybridized carbons (Fsp3) is 0.250. The summed E-state index contributed by atoms with van der Waals surface area (Å²) in [6, 6.07) is 5.13. The zero-order chi connectivity index (χ0) is 13.8. The Morgan fingerprint density at radius 3 is 3.00 bits per heavy atom. The number of aryl methyl sites for hydroxylation is 1. The maximum absolute atomic E-state index is 11.2. The molecule has 0 amide bonds. The number of carboxylic acids is 1. The van der Waals surface area contributed by atoms with Gasteiger partial charge in [0.1, 0.15) is 12.2 Å². The summed E-state index contributed by atoms with van der Waals surface area (Å²) in [6.07, 6.45) is 1.51. The van der Waals surface area contributed by atoms with Gasteiger partial charge in [-0.25, -0.2) is 14.5 Å². The second-order valence-corrected chi connectivity index (χ2v) is 5.66. The molecule has 0 saturated heterocycles. The summed E-state index contributed by atoms with van der Waals surface area (Å²) in [5.74, 6) is 0.501. The number of benzene rings is 1. The number of thioether (sulfide) groups is 1. The lowest BCUT2D eigenvalue weighted by molar-refractivity contribution is 0.0693. The van der Waals surface area contributed by atoms with E-state index in [1.54, 1.807) is 22.9 Å². The molecule has 100 valence electrons. The normalized spacial score (nSPS) is 10.6. The molecular weight excluding hydrogens is 330 g/mol. The van der Waals surface area contributed by atoms with Crippen LogP contribution in [0.5, 0.6) is 0 Å². The van der Waals surface area contributed by atoms with Gasteiger partial charge in [0.2, 0.25) is 0 Å². The molecule has 0 radical (unpaired) electrons. The van der Waals surface area contributed by atoms with Crippen LogP contribution < -0.4 is 0 Å². The van der Waals surface area contributed by atoms with Crippen molar-refractivity contribution in [3.63, 3.8) is 0 Å². The first kappa shape index (κ1) is 14.1. The number of hydrogen-bond acceptors (Lipinski definition) is 4. The third-order valence-corrected chi connectivity index (χ3v) is 4.07. The average molecular weight is 342 g/mol. The fourth-order valence-electron chi connectivity index (χ4n) is 1.60. The van der Waals surface area contributed by atoms with Gasteiger partial charge in [-0.2, -0.15) is 5.10 Å². The van der Waals surface area contributed by atoms with Crippen molar-refractivity contribution in [2.75, 3.05) is 0 Å². The Balaban J connectivity index is 2.19. The van der Waals surface area contributed by atoms with Crippen molar-refractivity contribution in [2.45, 2.75) is 24.1 Å². The van der Waals surface area contributed by atoms with Crippen LogP contribution >= 0.6 is 27.7 Å². The number of aromatic carboxylic acids is 1. The molecule has 0 spiro atoms. The zero-order valence-corrected chi connectivity index (χ0v) is 12.6. The van der Waals surface area contributed by atoms with E-state index in [1.165, 1.54) is 18.1 Å². The Bertz CT molecular complexity index is 600. The molecule has 1 aromatic heterocycles. The van der Waals surface area contributed by atoms with E-state index >= 15 is 0 Å². The van der Waals surface area contributed by atoms with Crippen LogP contribution in [0.3, 0.4) is 0 Å². The molecule has 0 aliphatic heterocycles. The van der Waals surface area contributed by atoms with Crippen LogP contribution in [-0.4, -0.2) is 25.8 Å². The van der Waals surface area contributed by atoms with Crippen LogP contribution in [0.25, 0.3) is 0 Å². The zero-order valence-electron chi connectivity index (χ0n) is 10.2. The van der Waals surface area contributed by atoms with Gasteiger partial charge in [0, 0.05) is 15.9 Å². The third kappa shape index (κ3) is 3.36. The molecule has 0 atom stereocenters. The summed E-state index contributed by atoms with van der Waals surface area (Å²) in [5, 5.41) is 13.2. The molecule has 5 nitrogen and oxygen atoms in total. The smallest absolute Gasteiger partial charge is 0.336 e. The summed E-state index contributed by atoms with van der Waals surface area (Å²) in [4.78, 5) is 16.0. The highest BCUT2D eigenvalue weighted by Gasteiger charge is 2.12. The van der Waals surface area contributed by atoms with Gasteiger partial charge in [-0.1, -0.05) is 15.9 Å². The van der Waals surface area contributed by atoms with Crippen LogP contribution in [0.15, 0.2) is 33.9 Å². The van der Waals surface area contributed by atoms with E-state index in [-0.39, 0.29) is 0 Å². The predicted molar refractivity (Wildman–Crippen MR) is 76.4 cm³/mol. The van der Waals surface area contributed by atoms with Crippen LogP contribution in [-0.2, 0) is 12.3 Å². The number of nitrogens with zero attached hydrogens (tertiary/aromatic N) is 3. The lowest BCUT2D eigenvalue weighted by Gasteiger charge is -2.07. The Morgan fingerprint density at radius 1 is 1.53 bits per heavy atom. The second-order valence-electron chi connectivity index (χ2n) is 3.73. The molecule has 2 rings (SSSR count). The minimum Gasteiger partial charge on any atom is -0.478 e. The van der Waals surface area contributed by atoms with Gasteiger partial charge in [0.15, 0.2) is 0 Å². The summed E-state index contributed by atoms with van der Waals surface area (Å²) >= 11 is 4.80. The summed E-state index contributed by atoms with van der Waals surface area (Å²) in [6.45, 7) is 2.74. The van der Waals surface area contributed by atoms with Crippen molar-refractivity contribution in [1.29, 1.82) is 0 Å². The molecule has 0 aliphatic rings. The molecule has 0 aliphatic carbocycles. The van der Waals surface area contributed by atoms with Gasteiger partial charge >= 0.3 is 5.97 Å². The maximum Gasteiger partial charge on any atom is 0.336 e. The molecule has 1 aromatic carbocycles. The van der Waals surface area contributed by atoms with Crippen molar-refractivity contribution >= 4 is 33.7 Å². The van der Waals surface area contributed by atoms with Crippen molar-refractivity contribution in [2.24, 2.45) is 0 Å². The molecular formula is C12H12BrN3O2S. The number of rotatable bonds is 5. The molecule has 0 saturated carbocycles. The molecule has 1 N–H and O–H groups in total. The predicted octanol–water partition coefficient (Wildman–Crippen LogP) is 3.05. The number of halogens is 1. The third-order valence-electron chi connectivity index (χ3n) is 2.53. The molecule has 0 bridgehead atoms. The minimum absolute atomic E-state index is 0.302. The molecule has 0 fully saturated rings. The molecule has 1 heterocycles. The molecule has 2 aromatic rings.